The lowest BCUT2D eigenvalue weighted by atomic mass is 9.98. The first-order chi connectivity index (χ1) is 7.98. The van der Waals surface area contributed by atoms with Crippen LogP contribution in [0.3, 0.4) is 0 Å². The molecule has 98 valence electrons. The smallest absolute Gasteiger partial charge is 0.342 e. The Labute approximate surface area is 98.3 Å². The normalized spacial score (nSPS) is 30.6. The highest BCUT2D eigenvalue weighted by Gasteiger charge is 2.45. The van der Waals surface area contributed by atoms with Gasteiger partial charge in [0, 0.05) is 19.6 Å². The number of carbonyl (C=O) groups is 1. The van der Waals surface area contributed by atoms with Crippen molar-refractivity contribution < 1.29 is 18.0 Å². The average molecular weight is 250 g/mol. The molecule has 0 aromatic heterocycles. The van der Waals surface area contributed by atoms with E-state index in [1.807, 2.05) is 0 Å². The quantitative estimate of drug-likeness (QED) is 0.763. The van der Waals surface area contributed by atoms with E-state index in [1.54, 1.807) is 0 Å². The van der Waals surface area contributed by atoms with Gasteiger partial charge in [0.05, 0.1) is 11.8 Å². The van der Waals surface area contributed by atoms with Crippen molar-refractivity contribution in [2.45, 2.75) is 25.4 Å². The number of likely N-dealkylation sites (tertiary alicyclic amines) is 1. The first-order valence-corrected chi connectivity index (χ1v) is 6.04. The summed E-state index contributed by atoms with van der Waals surface area (Å²) in [7, 11) is 0. The highest BCUT2D eigenvalue weighted by Crippen LogP contribution is 2.34. The summed E-state index contributed by atoms with van der Waals surface area (Å²) in [5.74, 6) is -1.57. The Morgan fingerprint density at radius 3 is 2.59 bits per heavy atom. The van der Waals surface area contributed by atoms with Crippen LogP contribution in [0.15, 0.2) is 0 Å². The van der Waals surface area contributed by atoms with Crippen LogP contribution in [0.4, 0.5) is 13.2 Å². The van der Waals surface area contributed by atoms with Crippen LogP contribution in [0.2, 0.25) is 0 Å². The summed E-state index contributed by atoms with van der Waals surface area (Å²) in [6, 6.07) is 0. The lowest BCUT2D eigenvalue weighted by Crippen LogP contribution is -2.42. The summed E-state index contributed by atoms with van der Waals surface area (Å²) in [5, 5.41) is 3.11. The maximum atomic E-state index is 12.5. The summed E-state index contributed by atoms with van der Waals surface area (Å²) >= 11 is 0. The van der Waals surface area contributed by atoms with Crippen LogP contribution in [-0.2, 0) is 4.79 Å². The minimum atomic E-state index is -4.17. The number of amides is 1. The minimum Gasteiger partial charge on any atom is -0.342 e. The van der Waals surface area contributed by atoms with Crippen LogP contribution in [0.25, 0.3) is 0 Å². The zero-order chi connectivity index (χ0) is 12.5. The first-order valence-electron chi connectivity index (χ1n) is 6.04. The first kappa shape index (κ1) is 12.7. The Bertz CT molecular complexity index is 287. The van der Waals surface area contributed by atoms with Crippen molar-refractivity contribution in [3.63, 3.8) is 0 Å². The molecule has 3 nitrogen and oxygen atoms in total. The summed E-state index contributed by atoms with van der Waals surface area (Å²) in [5.41, 5.74) is 0. The molecule has 6 heteroatoms. The predicted molar refractivity (Wildman–Crippen MR) is 56.3 cm³/mol. The maximum absolute atomic E-state index is 12.5. The van der Waals surface area contributed by atoms with Gasteiger partial charge < -0.3 is 10.2 Å². The number of nitrogens with one attached hydrogen (secondary N) is 1. The standard InChI is InChI=1S/C11H17F3N2O/c12-11(13,14)9-3-5-16(7-9)10(17)8-2-1-4-15-6-8/h8-9,15H,1-7H2/t8-,9-/m0/s1. The fourth-order valence-electron chi connectivity index (χ4n) is 2.55. The molecular weight excluding hydrogens is 233 g/mol. The van der Waals surface area contributed by atoms with Crippen LogP contribution < -0.4 is 5.32 Å². The van der Waals surface area contributed by atoms with E-state index in [0.29, 0.717) is 6.54 Å². The lowest BCUT2D eigenvalue weighted by molar-refractivity contribution is -0.171. The average Bonchev–Trinajstić information content (AvgIpc) is 2.78. The third-order valence-electron chi connectivity index (χ3n) is 3.61. The topological polar surface area (TPSA) is 32.3 Å². The Morgan fingerprint density at radius 2 is 2.06 bits per heavy atom. The van der Waals surface area contributed by atoms with Gasteiger partial charge in [0.15, 0.2) is 0 Å². The van der Waals surface area contributed by atoms with Crippen molar-refractivity contribution in [3.8, 4) is 0 Å². The molecule has 2 rings (SSSR count). The van der Waals surface area contributed by atoms with Gasteiger partial charge in [-0.05, 0) is 25.8 Å². The molecule has 0 radical (unpaired) electrons. The van der Waals surface area contributed by atoms with Crippen molar-refractivity contribution in [2.24, 2.45) is 11.8 Å². The molecule has 0 aliphatic carbocycles. The van der Waals surface area contributed by atoms with Crippen molar-refractivity contribution in [3.05, 3.63) is 0 Å². The Balaban J connectivity index is 1.89. The predicted octanol–water partition coefficient (Wildman–Crippen LogP) is 1.40. The Morgan fingerprint density at radius 1 is 1.29 bits per heavy atom. The van der Waals surface area contributed by atoms with Gasteiger partial charge in [-0.1, -0.05) is 0 Å². The van der Waals surface area contributed by atoms with Crippen LogP contribution in [0.5, 0.6) is 0 Å². The van der Waals surface area contributed by atoms with Gasteiger partial charge in [-0.2, -0.15) is 13.2 Å². The molecule has 0 spiro atoms. The van der Waals surface area contributed by atoms with E-state index in [1.165, 1.54) is 4.90 Å². The van der Waals surface area contributed by atoms with E-state index in [9.17, 15) is 18.0 Å². The summed E-state index contributed by atoms with van der Waals surface area (Å²) in [4.78, 5) is 13.4. The largest absolute Gasteiger partial charge is 0.393 e. The molecule has 2 saturated heterocycles. The van der Waals surface area contributed by atoms with Crippen LogP contribution in [-0.4, -0.2) is 43.2 Å². The third-order valence-corrected chi connectivity index (χ3v) is 3.61. The number of piperidine rings is 1. The third kappa shape index (κ3) is 2.91. The fourth-order valence-corrected chi connectivity index (χ4v) is 2.55. The van der Waals surface area contributed by atoms with Gasteiger partial charge in [-0.15, -0.1) is 0 Å². The second kappa shape index (κ2) is 4.84. The van der Waals surface area contributed by atoms with Gasteiger partial charge in [0.1, 0.15) is 0 Å². The molecule has 2 atom stereocenters. The van der Waals surface area contributed by atoms with Gasteiger partial charge in [0.2, 0.25) is 5.91 Å². The van der Waals surface area contributed by atoms with E-state index >= 15 is 0 Å². The van der Waals surface area contributed by atoms with E-state index in [2.05, 4.69) is 5.32 Å². The van der Waals surface area contributed by atoms with Gasteiger partial charge in [-0.25, -0.2) is 0 Å². The zero-order valence-electron chi connectivity index (χ0n) is 9.59. The van der Waals surface area contributed by atoms with E-state index < -0.39 is 12.1 Å². The number of hydrogen-bond donors (Lipinski definition) is 1. The minimum absolute atomic E-state index is 0.0510. The van der Waals surface area contributed by atoms with Crippen LogP contribution in [0.1, 0.15) is 19.3 Å². The van der Waals surface area contributed by atoms with E-state index in [-0.39, 0.29) is 31.3 Å². The molecule has 0 aromatic rings. The molecular formula is C11H17F3N2O. The van der Waals surface area contributed by atoms with Gasteiger partial charge >= 0.3 is 6.18 Å². The molecule has 2 fully saturated rings. The molecule has 2 aliphatic heterocycles. The summed E-state index contributed by atoms with van der Waals surface area (Å²) in [6.45, 7) is 1.60. The number of rotatable bonds is 1. The SMILES string of the molecule is O=C([C@H]1CCCNC1)N1CC[C@H](C(F)(F)F)C1. The summed E-state index contributed by atoms with van der Waals surface area (Å²) < 4.78 is 37.5. The zero-order valence-corrected chi connectivity index (χ0v) is 9.59. The van der Waals surface area contributed by atoms with Crippen molar-refractivity contribution in [1.29, 1.82) is 0 Å². The highest BCUT2D eigenvalue weighted by molar-refractivity contribution is 5.79. The van der Waals surface area contributed by atoms with Crippen molar-refractivity contribution in [2.75, 3.05) is 26.2 Å². The van der Waals surface area contributed by atoms with E-state index in [4.69, 9.17) is 0 Å². The number of hydrogen-bond acceptors (Lipinski definition) is 2. The van der Waals surface area contributed by atoms with Crippen LogP contribution in [0, 0.1) is 11.8 Å². The fraction of sp³-hybridized carbons (Fsp3) is 0.909. The number of alkyl halides is 3. The van der Waals surface area contributed by atoms with Gasteiger partial charge in [-0.3, -0.25) is 4.79 Å². The Hall–Kier alpha value is -0.780. The maximum Gasteiger partial charge on any atom is 0.393 e. The van der Waals surface area contributed by atoms with Crippen molar-refractivity contribution in [1.82, 2.24) is 10.2 Å². The summed E-state index contributed by atoms with van der Waals surface area (Å²) in [6.07, 6.45) is -2.40. The molecule has 0 saturated carbocycles. The lowest BCUT2D eigenvalue weighted by Gasteiger charge is -2.27. The monoisotopic (exact) mass is 250 g/mol. The second-order valence-corrected chi connectivity index (χ2v) is 4.85. The van der Waals surface area contributed by atoms with Crippen molar-refractivity contribution >= 4 is 5.91 Å². The molecule has 2 aliphatic rings. The molecule has 1 amide bonds. The van der Waals surface area contributed by atoms with Crippen LogP contribution >= 0.6 is 0 Å². The Kier molecular flexibility index (Phi) is 3.61. The number of halogens is 3. The molecule has 17 heavy (non-hydrogen) atoms. The van der Waals surface area contributed by atoms with Gasteiger partial charge in [0.25, 0.3) is 0 Å². The molecule has 0 bridgehead atoms. The highest BCUT2D eigenvalue weighted by atomic mass is 19.4. The second-order valence-electron chi connectivity index (χ2n) is 4.85. The molecule has 0 unspecified atom stereocenters. The molecule has 2 heterocycles. The number of nitrogens with zero attached hydrogens (tertiary/aromatic N) is 1. The molecule has 1 N–H and O–H groups in total. The number of carbonyl (C=O) groups excluding carboxylic acids is 1. The van der Waals surface area contributed by atoms with E-state index in [0.717, 1.165) is 19.4 Å². The molecule has 0 aromatic carbocycles.